The van der Waals surface area contributed by atoms with Gasteiger partial charge in [0.15, 0.2) is 5.13 Å². The van der Waals surface area contributed by atoms with Crippen molar-refractivity contribution in [1.29, 1.82) is 0 Å². The van der Waals surface area contributed by atoms with Crippen molar-refractivity contribution in [3.8, 4) is 5.75 Å². The smallest absolute Gasteiger partial charge is 0.275 e. The molecule has 0 bridgehead atoms. The number of amides is 2. The van der Waals surface area contributed by atoms with E-state index in [2.05, 4.69) is 25.5 Å². The molecule has 0 atom stereocenters. The maximum atomic E-state index is 13.0. The molecule has 2 N–H and O–H groups in total. The fraction of sp³-hybridized carbons (Fsp3) is 0.304. The highest BCUT2D eigenvalue weighted by Gasteiger charge is 2.31. The van der Waals surface area contributed by atoms with Crippen molar-refractivity contribution in [2.24, 2.45) is 0 Å². The van der Waals surface area contributed by atoms with Crippen molar-refractivity contribution >= 4 is 62.7 Å². The van der Waals surface area contributed by atoms with Gasteiger partial charge in [-0.15, -0.1) is 11.3 Å². The molecule has 10 nitrogen and oxygen atoms in total. The lowest BCUT2D eigenvalue weighted by Gasteiger charge is -2.30. The lowest BCUT2D eigenvalue weighted by molar-refractivity contribution is 0.0991. The molecule has 4 heterocycles. The lowest BCUT2D eigenvalue weighted by Crippen LogP contribution is -2.43. The van der Waals surface area contributed by atoms with Crippen LogP contribution in [0.4, 0.5) is 16.5 Å². The summed E-state index contributed by atoms with van der Waals surface area (Å²) >= 11 is 3.09. The van der Waals surface area contributed by atoms with Gasteiger partial charge in [0, 0.05) is 43.3 Å². The summed E-state index contributed by atoms with van der Waals surface area (Å²) in [5.74, 6) is 0.203. The second-order valence-corrected chi connectivity index (χ2v) is 9.43. The Morgan fingerprint density at radius 2 is 2.09 bits per heavy atom. The van der Waals surface area contributed by atoms with E-state index in [0.29, 0.717) is 41.9 Å². The van der Waals surface area contributed by atoms with Gasteiger partial charge >= 0.3 is 0 Å². The number of anilines is 3. The van der Waals surface area contributed by atoms with E-state index >= 15 is 0 Å². The Kier molecular flexibility index (Phi) is 7.41. The van der Waals surface area contributed by atoms with E-state index in [1.54, 1.807) is 34.8 Å². The number of hydrogen-bond acceptors (Lipinski definition) is 9. The molecule has 2 aliphatic rings. The van der Waals surface area contributed by atoms with Crippen LogP contribution in [-0.4, -0.2) is 61.2 Å². The number of fused-ring (bicyclic) bond motifs is 1. The number of nitrogens with zero attached hydrogens (tertiary/aromatic N) is 4. The first-order valence-electron chi connectivity index (χ1n) is 11.1. The molecule has 0 unspecified atom stereocenters. The standard InChI is InChI=1S/C23H23IN6O4S/c24-34-10-9-33-16-1-2-17-15(11-16)13-30(22(17)32)23-28-19(14-35-23)21(31)27-18-12-26-4-3-20(18)29-7-5-25-6-8-29/h1-4,11-12,14,25H,5-10,13H2,(H,27,31). The molecule has 0 aliphatic carbocycles. The summed E-state index contributed by atoms with van der Waals surface area (Å²) < 4.78 is 10.6. The molecule has 1 saturated heterocycles. The van der Waals surface area contributed by atoms with E-state index in [1.807, 2.05) is 35.1 Å². The summed E-state index contributed by atoms with van der Waals surface area (Å²) in [6.45, 7) is 4.75. The van der Waals surface area contributed by atoms with Crippen molar-refractivity contribution in [1.82, 2.24) is 15.3 Å². The van der Waals surface area contributed by atoms with Crippen LogP contribution in [0.5, 0.6) is 5.75 Å². The topological polar surface area (TPSA) is 109 Å². The number of piperazine rings is 1. The maximum Gasteiger partial charge on any atom is 0.275 e. The van der Waals surface area contributed by atoms with E-state index in [-0.39, 0.29) is 17.5 Å². The lowest BCUT2D eigenvalue weighted by atomic mass is 10.1. The Morgan fingerprint density at radius 1 is 1.23 bits per heavy atom. The van der Waals surface area contributed by atoms with Gasteiger partial charge in [0.1, 0.15) is 41.1 Å². The SMILES string of the molecule is O=C(Nc1cnccc1N1CCNCC1)c1csc(N2Cc3cc(OCCOI)ccc3C2=O)n1. The van der Waals surface area contributed by atoms with Crippen LogP contribution in [0.2, 0.25) is 0 Å². The largest absolute Gasteiger partial charge is 0.491 e. The Morgan fingerprint density at radius 3 is 2.91 bits per heavy atom. The Balaban J connectivity index is 1.28. The molecule has 182 valence electrons. The van der Waals surface area contributed by atoms with Gasteiger partial charge in [0.05, 0.1) is 30.7 Å². The quantitative estimate of drug-likeness (QED) is 0.298. The number of thiazole rings is 1. The van der Waals surface area contributed by atoms with Gasteiger partial charge in [-0.2, -0.15) is 0 Å². The summed E-state index contributed by atoms with van der Waals surface area (Å²) in [5, 5.41) is 8.41. The average molecular weight is 606 g/mol. The number of rotatable bonds is 8. The third-order valence-corrected chi connectivity index (χ3v) is 7.07. The van der Waals surface area contributed by atoms with Gasteiger partial charge in [0.2, 0.25) is 0 Å². The molecule has 0 radical (unpaired) electrons. The van der Waals surface area contributed by atoms with Crippen molar-refractivity contribution in [3.63, 3.8) is 0 Å². The zero-order valence-corrected chi connectivity index (χ0v) is 21.7. The zero-order valence-electron chi connectivity index (χ0n) is 18.7. The number of pyridine rings is 1. The predicted molar refractivity (Wildman–Crippen MR) is 142 cm³/mol. The van der Waals surface area contributed by atoms with Gasteiger partial charge < -0.3 is 23.3 Å². The molecule has 12 heteroatoms. The van der Waals surface area contributed by atoms with E-state index in [4.69, 9.17) is 7.80 Å². The van der Waals surface area contributed by atoms with Crippen LogP contribution < -0.4 is 25.2 Å². The van der Waals surface area contributed by atoms with E-state index < -0.39 is 0 Å². The molecule has 2 amide bonds. The van der Waals surface area contributed by atoms with Gasteiger partial charge in [-0.25, -0.2) is 4.98 Å². The number of carbonyl (C=O) groups excluding carboxylic acids is 2. The number of halogens is 1. The van der Waals surface area contributed by atoms with Crippen molar-refractivity contribution in [3.05, 3.63) is 58.9 Å². The molecule has 2 aromatic heterocycles. The molecule has 1 fully saturated rings. The van der Waals surface area contributed by atoms with E-state index in [1.165, 1.54) is 11.3 Å². The fourth-order valence-corrected chi connectivity index (χ4v) is 5.06. The number of nitrogens with one attached hydrogen (secondary N) is 2. The van der Waals surface area contributed by atoms with Crippen LogP contribution in [0.1, 0.15) is 26.4 Å². The molecule has 2 aliphatic heterocycles. The summed E-state index contributed by atoms with van der Waals surface area (Å²) in [7, 11) is 0. The number of ether oxygens (including phenoxy) is 1. The van der Waals surface area contributed by atoms with Crippen LogP contribution in [0.15, 0.2) is 42.0 Å². The predicted octanol–water partition coefficient (Wildman–Crippen LogP) is 3.11. The van der Waals surface area contributed by atoms with Gasteiger partial charge in [-0.05, 0) is 29.8 Å². The Labute approximate surface area is 220 Å². The Hall–Kier alpha value is -2.81. The number of carbonyl (C=O) groups is 2. The van der Waals surface area contributed by atoms with Crippen LogP contribution in [0, 0.1) is 0 Å². The molecular formula is C23H23IN6O4S. The minimum absolute atomic E-state index is 0.142. The second kappa shape index (κ2) is 10.8. The minimum Gasteiger partial charge on any atom is -0.491 e. The normalized spacial score (nSPS) is 15.3. The minimum atomic E-state index is -0.339. The third kappa shape index (κ3) is 5.24. The molecule has 35 heavy (non-hydrogen) atoms. The summed E-state index contributed by atoms with van der Waals surface area (Å²) in [4.78, 5) is 38.4. The molecule has 3 aromatic rings. The maximum absolute atomic E-state index is 13.0. The van der Waals surface area contributed by atoms with E-state index in [9.17, 15) is 9.59 Å². The zero-order chi connectivity index (χ0) is 24.2. The van der Waals surface area contributed by atoms with Crippen molar-refractivity contribution in [2.45, 2.75) is 6.54 Å². The second-order valence-electron chi connectivity index (χ2n) is 7.97. The van der Waals surface area contributed by atoms with Gasteiger partial charge in [-0.1, -0.05) is 0 Å². The first kappa shape index (κ1) is 23.9. The van der Waals surface area contributed by atoms with Crippen LogP contribution >= 0.6 is 34.3 Å². The number of aromatic nitrogens is 2. The fourth-order valence-electron chi connectivity index (χ4n) is 4.08. The summed E-state index contributed by atoms with van der Waals surface area (Å²) in [6.07, 6.45) is 3.37. The van der Waals surface area contributed by atoms with Crippen molar-refractivity contribution < 1.29 is 17.4 Å². The first-order chi connectivity index (χ1) is 17.1. The first-order valence-corrected chi connectivity index (χ1v) is 12.9. The highest BCUT2D eigenvalue weighted by molar-refractivity contribution is 14.1. The average Bonchev–Trinajstić information content (AvgIpc) is 3.50. The molecule has 0 spiro atoms. The number of hydrogen-bond donors (Lipinski definition) is 2. The van der Waals surface area contributed by atoms with E-state index in [0.717, 1.165) is 37.4 Å². The monoisotopic (exact) mass is 606 g/mol. The summed E-state index contributed by atoms with van der Waals surface area (Å²) in [5.41, 5.74) is 3.30. The van der Waals surface area contributed by atoms with Crippen LogP contribution in [0.3, 0.4) is 0 Å². The molecule has 1 aromatic carbocycles. The third-order valence-electron chi connectivity index (χ3n) is 5.77. The van der Waals surface area contributed by atoms with Crippen LogP contribution in [-0.2, 0) is 9.61 Å². The van der Waals surface area contributed by atoms with Gasteiger partial charge in [-0.3, -0.25) is 19.5 Å². The number of benzene rings is 1. The Bertz CT molecular complexity index is 1230. The highest BCUT2D eigenvalue weighted by Crippen LogP contribution is 2.33. The van der Waals surface area contributed by atoms with Crippen molar-refractivity contribution in [2.75, 3.05) is 54.5 Å². The summed E-state index contributed by atoms with van der Waals surface area (Å²) in [6, 6.07) is 7.30. The van der Waals surface area contributed by atoms with Crippen LogP contribution in [0.25, 0.3) is 0 Å². The highest BCUT2D eigenvalue weighted by atomic mass is 127. The van der Waals surface area contributed by atoms with Gasteiger partial charge in [0.25, 0.3) is 11.8 Å². The molecular weight excluding hydrogens is 583 g/mol. The molecule has 5 rings (SSSR count). The molecule has 0 saturated carbocycles.